The van der Waals surface area contributed by atoms with Gasteiger partial charge in [0.2, 0.25) is 0 Å². The van der Waals surface area contributed by atoms with Gasteiger partial charge in [0.05, 0.1) is 0 Å². The summed E-state index contributed by atoms with van der Waals surface area (Å²) < 4.78 is 0. The van der Waals surface area contributed by atoms with E-state index in [1.807, 2.05) is 78.9 Å². The minimum absolute atomic E-state index is 0.639. The van der Waals surface area contributed by atoms with Crippen LogP contribution in [0.5, 0.6) is 0 Å². The molecule has 0 atom stereocenters. The number of hydrogen-bond acceptors (Lipinski definition) is 3. The van der Waals surface area contributed by atoms with Crippen molar-refractivity contribution >= 4 is 33.1 Å². The van der Waals surface area contributed by atoms with Gasteiger partial charge in [0.1, 0.15) is 0 Å². The molecule has 0 aliphatic rings. The smallest absolute Gasteiger partial charge is 0.164 e. The van der Waals surface area contributed by atoms with Gasteiger partial charge in [-0.2, -0.15) is 0 Å². The molecule has 0 spiro atoms. The van der Waals surface area contributed by atoms with E-state index < -0.39 is 0 Å². The van der Waals surface area contributed by atoms with Gasteiger partial charge in [-0.05, 0) is 39.7 Å². The zero-order valence-electron chi connectivity index (χ0n) is 17.6. The standard InChI is InChI=1S/C29H18ClN3/c30-24-15-16-25-22(18-24)11-6-12-26(25)29-32-27(20-8-2-1-3-9-20)31-28(33-29)23-14-13-19-7-4-5-10-21(19)17-23/h1-18H. The summed E-state index contributed by atoms with van der Waals surface area (Å²) in [5, 5.41) is 5.14. The number of benzene rings is 5. The summed E-state index contributed by atoms with van der Waals surface area (Å²) >= 11 is 6.23. The van der Waals surface area contributed by atoms with Crippen molar-refractivity contribution in [2.24, 2.45) is 0 Å². The number of aromatic nitrogens is 3. The Balaban J connectivity index is 1.60. The fourth-order valence-corrected chi connectivity index (χ4v) is 4.30. The Hall–Kier alpha value is -4.08. The number of halogens is 1. The van der Waals surface area contributed by atoms with Crippen molar-refractivity contribution in [1.29, 1.82) is 0 Å². The van der Waals surface area contributed by atoms with E-state index in [-0.39, 0.29) is 0 Å². The fraction of sp³-hybridized carbons (Fsp3) is 0. The minimum Gasteiger partial charge on any atom is -0.208 e. The third-order valence-electron chi connectivity index (χ3n) is 5.76. The van der Waals surface area contributed by atoms with E-state index in [0.29, 0.717) is 22.5 Å². The molecule has 0 aliphatic heterocycles. The van der Waals surface area contributed by atoms with Gasteiger partial charge in [-0.3, -0.25) is 0 Å². The Morgan fingerprint density at radius 2 is 1.15 bits per heavy atom. The molecule has 0 N–H and O–H groups in total. The first-order valence-corrected chi connectivity index (χ1v) is 11.1. The Bertz CT molecular complexity index is 1630. The van der Waals surface area contributed by atoms with Crippen molar-refractivity contribution in [3.8, 4) is 34.2 Å². The lowest BCUT2D eigenvalue weighted by Crippen LogP contribution is -2.00. The molecular formula is C29H18ClN3. The number of hydrogen-bond donors (Lipinski definition) is 0. The van der Waals surface area contributed by atoms with Crippen molar-refractivity contribution in [2.45, 2.75) is 0 Å². The third kappa shape index (κ3) is 3.73. The molecule has 0 amide bonds. The van der Waals surface area contributed by atoms with Crippen molar-refractivity contribution < 1.29 is 0 Å². The summed E-state index contributed by atoms with van der Waals surface area (Å²) in [5.74, 6) is 1.94. The fourth-order valence-electron chi connectivity index (χ4n) is 4.12. The molecule has 0 aliphatic carbocycles. The molecule has 0 saturated carbocycles. The predicted molar refractivity (Wildman–Crippen MR) is 136 cm³/mol. The largest absolute Gasteiger partial charge is 0.208 e. The van der Waals surface area contributed by atoms with E-state index in [4.69, 9.17) is 26.6 Å². The van der Waals surface area contributed by atoms with Crippen molar-refractivity contribution in [3.05, 3.63) is 114 Å². The number of fused-ring (bicyclic) bond motifs is 2. The van der Waals surface area contributed by atoms with Crippen LogP contribution in [-0.2, 0) is 0 Å². The van der Waals surface area contributed by atoms with Crippen LogP contribution in [0.4, 0.5) is 0 Å². The van der Waals surface area contributed by atoms with Crippen LogP contribution in [0.3, 0.4) is 0 Å². The Morgan fingerprint density at radius 3 is 2.00 bits per heavy atom. The molecule has 0 bridgehead atoms. The summed E-state index contributed by atoms with van der Waals surface area (Å²) in [7, 11) is 0. The molecule has 0 unspecified atom stereocenters. The number of rotatable bonds is 3. The predicted octanol–water partition coefficient (Wildman–Crippen LogP) is 7.83. The van der Waals surface area contributed by atoms with Gasteiger partial charge in [-0.1, -0.05) is 103 Å². The highest BCUT2D eigenvalue weighted by Gasteiger charge is 2.14. The average Bonchev–Trinajstić information content (AvgIpc) is 2.88. The maximum absolute atomic E-state index is 6.23. The molecule has 6 rings (SSSR count). The quantitative estimate of drug-likeness (QED) is 0.279. The highest BCUT2D eigenvalue weighted by molar-refractivity contribution is 6.31. The first kappa shape index (κ1) is 19.6. The lowest BCUT2D eigenvalue weighted by atomic mass is 10.0. The lowest BCUT2D eigenvalue weighted by molar-refractivity contribution is 1.08. The third-order valence-corrected chi connectivity index (χ3v) is 5.99. The van der Waals surface area contributed by atoms with E-state index in [1.54, 1.807) is 0 Å². The molecule has 156 valence electrons. The Labute approximate surface area is 196 Å². The zero-order valence-corrected chi connectivity index (χ0v) is 18.4. The average molecular weight is 444 g/mol. The summed E-state index contributed by atoms with van der Waals surface area (Å²) in [6.07, 6.45) is 0. The van der Waals surface area contributed by atoms with Gasteiger partial charge in [0.15, 0.2) is 17.5 Å². The number of nitrogens with zero attached hydrogens (tertiary/aromatic N) is 3. The van der Waals surface area contributed by atoms with Crippen LogP contribution in [0.15, 0.2) is 109 Å². The van der Waals surface area contributed by atoms with E-state index >= 15 is 0 Å². The summed E-state index contributed by atoms with van der Waals surface area (Å²) in [6.45, 7) is 0. The van der Waals surface area contributed by atoms with E-state index in [0.717, 1.165) is 32.8 Å². The summed E-state index contributed by atoms with van der Waals surface area (Å²) in [4.78, 5) is 14.7. The molecule has 4 heteroatoms. The molecule has 33 heavy (non-hydrogen) atoms. The van der Waals surface area contributed by atoms with Crippen molar-refractivity contribution in [1.82, 2.24) is 15.0 Å². The van der Waals surface area contributed by atoms with Crippen LogP contribution >= 0.6 is 11.6 Å². The van der Waals surface area contributed by atoms with Gasteiger partial charge in [-0.15, -0.1) is 0 Å². The highest BCUT2D eigenvalue weighted by atomic mass is 35.5. The van der Waals surface area contributed by atoms with Crippen LogP contribution in [0, 0.1) is 0 Å². The van der Waals surface area contributed by atoms with Crippen LogP contribution in [-0.4, -0.2) is 15.0 Å². The normalized spacial score (nSPS) is 11.2. The molecule has 5 aromatic carbocycles. The Morgan fingerprint density at radius 1 is 0.455 bits per heavy atom. The monoisotopic (exact) mass is 443 g/mol. The van der Waals surface area contributed by atoms with Crippen molar-refractivity contribution in [3.63, 3.8) is 0 Å². The first-order valence-electron chi connectivity index (χ1n) is 10.7. The van der Waals surface area contributed by atoms with Gasteiger partial charge >= 0.3 is 0 Å². The van der Waals surface area contributed by atoms with Crippen LogP contribution < -0.4 is 0 Å². The lowest BCUT2D eigenvalue weighted by Gasteiger charge is -2.11. The van der Waals surface area contributed by atoms with Crippen LogP contribution in [0.25, 0.3) is 55.7 Å². The van der Waals surface area contributed by atoms with Gasteiger partial charge in [-0.25, -0.2) is 15.0 Å². The van der Waals surface area contributed by atoms with E-state index in [9.17, 15) is 0 Å². The van der Waals surface area contributed by atoms with Crippen LogP contribution in [0.1, 0.15) is 0 Å². The minimum atomic E-state index is 0.639. The molecule has 0 saturated heterocycles. The second-order valence-corrected chi connectivity index (χ2v) is 8.34. The zero-order chi connectivity index (χ0) is 22.2. The molecule has 1 heterocycles. The molecule has 0 fully saturated rings. The maximum atomic E-state index is 6.23. The van der Waals surface area contributed by atoms with E-state index in [2.05, 4.69) is 30.3 Å². The molecular weight excluding hydrogens is 426 g/mol. The van der Waals surface area contributed by atoms with Gasteiger partial charge in [0, 0.05) is 21.7 Å². The topological polar surface area (TPSA) is 38.7 Å². The summed E-state index contributed by atoms with van der Waals surface area (Å²) in [6, 6.07) is 36.6. The van der Waals surface area contributed by atoms with Gasteiger partial charge < -0.3 is 0 Å². The summed E-state index contributed by atoms with van der Waals surface area (Å²) in [5.41, 5.74) is 2.86. The SMILES string of the molecule is Clc1ccc2c(-c3nc(-c4ccccc4)nc(-c4ccc5ccccc5c4)n3)cccc2c1. The highest BCUT2D eigenvalue weighted by Crippen LogP contribution is 2.31. The molecule has 3 nitrogen and oxygen atoms in total. The maximum Gasteiger partial charge on any atom is 0.164 e. The van der Waals surface area contributed by atoms with E-state index in [1.165, 1.54) is 5.39 Å². The second-order valence-electron chi connectivity index (χ2n) is 7.91. The Kier molecular flexibility index (Phi) is 4.82. The molecule has 0 radical (unpaired) electrons. The molecule has 6 aromatic rings. The molecule has 1 aromatic heterocycles. The van der Waals surface area contributed by atoms with Gasteiger partial charge in [0.25, 0.3) is 0 Å². The second kappa shape index (κ2) is 8.12. The van der Waals surface area contributed by atoms with Crippen molar-refractivity contribution in [2.75, 3.05) is 0 Å². The first-order chi connectivity index (χ1) is 16.2. The van der Waals surface area contributed by atoms with Crippen LogP contribution in [0.2, 0.25) is 5.02 Å².